The monoisotopic (exact) mass is 243 g/mol. The number of thiophene rings is 1. The first-order chi connectivity index (χ1) is 7.59. The predicted molar refractivity (Wildman–Crippen MR) is 59.1 cm³/mol. The SMILES string of the molecule is O=[N+]([O-])c1cc([N+](=O)[O-])c(N2CCCC2)s1. The van der Waals surface area contributed by atoms with Crippen molar-refractivity contribution in [3.05, 3.63) is 26.3 Å². The highest BCUT2D eigenvalue weighted by Crippen LogP contribution is 2.42. The molecule has 2 heterocycles. The normalized spacial score (nSPS) is 15.4. The first kappa shape index (κ1) is 10.8. The molecule has 2 rings (SSSR count). The molecule has 1 aliphatic rings. The summed E-state index contributed by atoms with van der Waals surface area (Å²) >= 11 is 0.878. The minimum absolute atomic E-state index is 0.154. The van der Waals surface area contributed by atoms with Crippen LogP contribution in [0.1, 0.15) is 12.8 Å². The number of nitro groups is 2. The zero-order valence-corrected chi connectivity index (χ0v) is 9.11. The van der Waals surface area contributed by atoms with Crippen LogP contribution < -0.4 is 4.90 Å². The van der Waals surface area contributed by atoms with Crippen molar-refractivity contribution in [1.82, 2.24) is 0 Å². The number of rotatable bonds is 3. The molecule has 0 aromatic carbocycles. The maximum absolute atomic E-state index is 10.8. The molecule has 86 valence electrons. The van der Waals surface area contributed by atoms with Gasteiger partial charge < -0.3 is 4.90 Å². The molecule has 0 bridgehead atoms. The van der Waals surface area contributed by atoms with Crippen molar-refractivity contribution in [2.24, 2.45) is 0 Å². The van der Waals surface area contributed by atoms with Crippen LogP contribution in [0.2, 0.25) is 0 Å². The van der Waals surface area contributed by atoms with Crippen LogP contribution in [-0.4, -0.2) is 22.9 Å². The van der Waals surface area contributed by atoms with Crippen molar-refractivity contribution >= 4 is 27.0 Å². The van der Waals surface area contributed by atoms with Crippen molar-refractivity contribution in [1.29, 1.82) is 0 Å². The molecule has 0 unspecified atom stereocenters. The highest BCUT2D eigenvalue weighted by atomic mass is 32.1. The second kappa shape index (κ2) is 4.05. The van der Waals surface area contributed by atoms with E-state index in [0.717, 1.165) is 43.3 Å². The summed E-state index contributed by atoms with van der Waals surface area (Å²) in [4.78, 5) is 22.1. The Bertz CT molecular complexity index is 438. The van der Waals surface area contributed by atoms with Crippen LogP contribution in [0.25, 0.3) is 0 Å². The molecule has 8 heteroatoms. The van der Waals surface area contributed by atoms with Gasteiger partial charge in [0.25, 0.3) is 0 Å². The van der Waals surface area contributed by atoms with Gasteiger partial charge in [-0.05, 0) is 24.2 Å². The van der Waals surface area contributed by atoms with E-state index >= 15 is 0 Å². The van der Waals surface area contributed by atoms with Gasteiger partial charge in [0.1, 0.15) is 6.07 Å². The standard InChI is InChI=1S/C8H9N3O4S/c12-10(13)6-5-7(11(14)15)16-8(6)9-3-1-2-4-9/h5H,1-4H2. The number of nitrogens with zero attached hydrogens (tertiary/aromatic N) is 3. The van der Waals surface area contributed by atoms with E-state index in [1.54, 1.807) is 0 Å². The van der Waals surface area contributed by atoms with E-state index in [1.165, 1.54) is 0 Å². The molecule has 7 nitrogen and oxygen atoms in total. The summed E-state index contributed by atoms with van der Waals surface area (Å²) in [5, 5.41) is 21.6. The van der Waals surface area contributed by atoms with E-state index in [1.807, 2.05) is 4.90 Å². The third-order valence-corrected chi connectivity index (χ3v) is 3.59. The van der Waals surface area contributed by atoms with Gasteiger partial charge in [-0.3, -0.25) is 20.2 Å². The summed E-state index contributed by atoms with van der Waals surface area (Å²) in [5.74, 6) is 0. The van der Waals surface area contributed by atoms with Crippen LogP contribution >= 0.6 is 11.3 Å². The van der Waals surface area contributed by atoms with E-state index in [2.05, 4.69) is 0 Å². The largest absolute Gasteiger partial charge is 0.358 e. The first-order valence-corrected chi connectivity index (χ1v) is 5.59. The fourth-order valence-corrected chi connectivity index (χ4v) is 2.72. The Morgan fingerprint density at radius 3 is 2.31 bits per heavy atom. The van der Waals surface area contributed by atoms with E-state index in [9.17, 15) is 20.2 Å². The van der Waals surface area contributed by atoms with Gasteiger partial charge >= 0.3 is 10.7 Å². The smallest absolute Gasteiger partial charge is 0.333 e. The average molecular weight is 243 g/mol. The summed E-state index contributed by atoms with van der Waals surface area (Å²) in [6, 6.07) is 1.04. The van der Waals surface area contributed by atoms with Crippen LogP contribution in [0.5, 0.6) is 0 Å². The van der Waals surface area contributed by atoms with Crippen LogP contribution in [0.15, 0.2) is 6.07 Å². The van der Waals surface area contributed by atoms with Gasteiger partial charge in [0.2, 0.25) is 0 Å². The Hall–Kier alpha value is -1.70. The highest BCUT2D eigenvalue weighted by Gasteiger charge is 2.29. The predicted octanol–water partition coefficient (Wildman–Crippen LogP) is 2.16. The summed E-state index contributed by atoms with van der Waals surface area (Å²) in [7, 11) is 0. The lowest BCUT2D eigenvalue weighted by Gasteiger charge is -2.12. The Morgan fingerprint density at radius 2 is 1.81 bits per heavy atom. The molecule has 0 N–H and O–H groups in total. The summed E-state index contributed by atoms with van der Waals surface area (Å²) in [6.07, 6.45) is 1.95. The van der Waals surface area contributed by atoms with E-state index < -0.39 is 9.85 Å². The maximum Gasteiger partial charge on any atom is 0.333 e. The van der Waals surface area contributed by atoms with Crippen molar-refractivity contribution in [3.63, 3.8) is 0 Å². The van der Waals surface area contributed by atoms with Gasteiger partial charge in [0, 0.05) is 13.1 Å². The zero-order chi connectivity index (χ0) is 11.7. The van der Waals surface area contributed by atoms with Crippen molar-refractivity contribution < 1.29 is 9.85 Å². The van der Waals surface area contributed by atoms with Crippen LogP contribution in [0.3, 0.4) is 0 Å². The summed E-state index contributed by atoms with van der Waals surface area (Å²) in [5.41, 5.74) is -0.154. The molecule has 1 fully saturated rings. The number of anilines is 1. The minimum Gasteiger partial charge on any atom is -0.358 e. The molecule has 1 saturated heterocycles. The van der Waals surface area contributed by atoms with Crippen molar-refractivity contribution in [2.45, 2.75) is 12.8 Å². The van der Waals surface area contributed by atoms with Gasteiger partial charge in [-0.1, -0.05) is 0 Å². The topological polar surface area (TPSA) is 89.5 Å². The van der Waals surface area contributed by atoms with Gasteiger partial charge in [0.05, 0.1) is 9.85 Å². The third-order valence-electron chi connectivity index (χ3n) is 2.45. The zero-order valence-electron chi connectivity index (χ0n) is 8.29. The van der Waals surface area contributed by atoms with Gasteiger partial charge in [0.15, 0.2) is 5.00 Å². The highest BCUT2D eigenvalue weighted by molar-refractivity contribution is 7.19. The Balaban J connectivity index is 2.40. The fourth-order valence-electron chi connectivity index (χ4n) is 1.73. The second-order valence-electron chi connectivity index (χ2n) is 3.48. The molecular weight excluding hydrogens is 234 g/mol. The molecule has 1 aliphatic heterocycles. The lowest BCUT2D eigenvalue weighted by atomic mass is 10.4. The van der Waals surface area contributed by atoms with E-state index in [-0.39, 0.29) is 10.7 Å². The van der Waals surface area contributed by atoms with Gasteiger partial charge in [-0.2, -0.15) is 0 Å². The Morgan fingerprint density at radius 1 is 1.19 bits per heavy atom. The van der Waals surface area contributed by atoms with Gasteiger partial charge in [-0.15, -0.1) is 0 Å². The third kappa shape index (κ3) is 1.83. The molecule has 0 spiro atoms. The van der Waals surface area contributed by atoms with Crippen LogP contribution in [0, 0.1) is 20.2 Å². The summed E-state index contributed by atoms with van der Waals surface area (Å²) in [6.45, 7) is 1.47. The van der Waals surface area contributed by atoms with E-state index in [4.69, 9.17) is 0 Å². The summed E-state index contributed by atoms with van der Waals surface area (Å²) < 4.78 is 0. The number of hydrogen-bond donors (Lipinski definition) is 0. The molecule has 0 atom stereocenters. The molecule has 0 radical (unpaired) electrons. The Labute approximate surface area is 94.6 Å². The minimum atomic E-state index is -0.586. The lowest BCUT2D eigenvalue weighted by Crippen LogP contribution is -2.17. The Kier molecular flexibility index (Phi) is 2.73. The molecular formula is C8H9N3O4S. The average Bonchev–Trinajstić information content (AvgIpc) is 2.86. The molecule has 1 aromatic heterocycles. The molecule has 0 aliphatic carbocycles. The second-order valence-corrected chi connectivity index (χ2v) is 4.49. The number of hydrogen-bond acceptors (Lipinski definition) is 6. The van der Waals surface area contributed by atoms with Crippen molar-refractivity contribution in [2.75, 3.05) is 18.0 Å². The molecule has 16 heavy (non-hydrogen) atoms. The van der Waals surface area contributed by atoms with Crippen LogP contribution in [0.4, 0.5) is 15.7 Å². The lowest BCUT2D eigenvalue weighted by molar-refractivity contribution is -0.389. The van der Waals surface area contributed by atoms with Crippen molar-refractivity contribution in [3.8, 4) is 0 Å². The molecule has 1 aromatic rings. The van der Waals surface area contributed by atoms with Crippen LogP contribution in [-0.2, 0) is 0 Å². The van der Waals surface area contributed by atoms with Gasteiger partial charge in [-0.25, -0.2) is 0 Å². The molecule has 0 saturated carbocycles. The molecule has 0 amide bonds. The fraction of sp³-hybridized carbons (Fsp3) is 0.500. The first-order valence-electron chi connectivity index (χ1n) is 4.77. The quantitative estimate of drug-likeness (QED) is 0.599. The van der Waals surface area contributed by atoms with E-state index in [0.29, 0.717) is 5.00 Å². The maximum atomic E-state index is 10.8.